The van der Waals surface area contributed by atoms with Crippen molar-refractivity contribution < 1.29 is 45.8 Å². The van der Waals surface area contributed by atoms with Crippen molar-refractivity contribution in [3.63, 3.8) is 0 Å². The third-order valence-corrected chi connectivity index (χ3v) is 3.38. The molecule has 0 spiro atoms. The van der Waals surface area contributed by atoms with Gasteiger partial charge in [0.15, 0.2) is 23.3 Å². The van der Waals surface area contributed by atoms with E-state index in [2.05, 4.69) is 4.74 Å². The molecular formula is C17H19F5O5. The summed E-state index contributed by atoms with van der Waals surface area (Å²) in [6.07, 6.45) is 3.66. The highest BCUT2D eigenvalue weighted by Crippen LogP contribution is 2.23. The Kier molecular flexibility index (Phi) is 9.70. The number of esters is 2. The molecule has 1 aromatic carbocycles. The van der Waals surface area contributed by atoms with Crippen LogP contribution in [0.4, 0.5) is 22.0 Å². The fraction of sp³-hybridized carbons (Fsp3) is 0.529. The Bertz CT molecular complexity index is 637. The molecule has 0 aliphatic carbocycles. The number of ether oxygens (including phenoxy) is 3. The van der Waals surface area contributed by atoms with Crippen LogP contribution in [0, 0.1) is 29.1 Å². The standard InChI is InChI=1S/C17H19F5O5/c1-2-3-4-5-6-26-11(23)8-25-9-12(24)27-7-10-13(18)15(20)17(22)16(21)14(10)19/h2-9H2,1H3. The van der Waals surface area contributed by atoms with Crippen LogP contribution in [0.25, 0.3) is 0 Å². The minimum absolute atomic E-state index is 0.215. The fourth-order valence-electron chi connectivity index (χ4n) is 1.95. The number of carbonyl (C=O) groups is 2. The molecular weight excluding hydrogens is 379 g/mol. The molecule has 0 N–H and O–H groups in total. The van der Waals surface area contributed by atoms with Crippen LogP contribution in [0.1, 0.15) is 38.2 Å². The van der Waals surface area contributed by atoms with Crippen LogP contribution in [0.15, 0.2) is 0 Å². The quantitative estimate of drug-likeness (QED) is 0.188. The lowest BCUT2D eigenvalue weighted by atomic mass is 10.2. The Morgan fingerprint density at radius 3 is 1.81 bits per heavy atom. The van der Waals surface area contributed by atoms with Gasteiger partial charge in [0.05, 0.1) is 12.2 Å². The van der Waals surface area contributed by atoms with Crippen LogP contribution in [0.3, 0.4) is 0 Å². The van der Waals surface area contributed by atoms with Crippen LogP contribution < -0.4 is 0 Å². The molecule has 0 bridgehead atoms. The minimum atomic E-state index is -2.31. The highest BCUT2D eigenvalue weighted by atomic mass is 19.2. The van der Waals surface area contributed by atoms with Crippen LogP contribution in [-0.4, -0.2) is 31.8 Å². The Morgan fingerprint density at radius 2 is 1.26 bits per heavy atom. The summed E-state index contributed by atoms with van der Waals surface area (Å²) < 4.78 is 79.7. The fourth-order valence-corrected chi connectivity index (χ4v) is 1.95. The first-order valence-corrected chi connectivity index (χ1v) is 8.18. The second kappa shape index (κ2) is 11.5. The van der Waals surface area contributed by atoms with E-state index in [0.29, 0.717) is 6.42 Å². The van der Waals surface area contributed by atoms with Gasteiger partial charge in [-0.2, -0.15) is 0 Å². The van der Waals surface area contributed by atoms with Gasteiger partial charge >= 0.3 is 11.9 Å². The van der Waals surface area contributed by atoms with E-state index in [9.17, 15) is 31.5 Å². The Labute approximate surface area is 152 Å². The summed E-state index contributed by atoms with van der Waals surface area (Å²) in [5.74, 6) is -12.6. The molecule has 0 aliphatic heterocycles. The molecule has 0 fully saturated rings. The summed E-state index contributed by atoms with van der Waals surface area (Å²) >= 11 is 0. The molecule has 0 radical (unpaired) electrons. The monoisotopic (exact) mass is 398 g/mol. The summed E-state index contributed by atoms with van der Waals surface area (Å²) in [5.41, 5.74) is -1.29. The zero-order valence-corrected chi connectivity index (χ0v) is 14.6. The van der Waals surface area contributed by atoms with Gasteiger partial charge in [-0.05, 0) is 6.42 Å². The van der Waals surface area contributed by atoms with Crippen molar-refractivity contribution in [3.8, 4) is 0 Å². The topological polar surface area (TPSA) is 61.8 Å². The third-order valence-electron chi connectivity index (χ3n) is 3.38. The Hall–Kier alpha value is -2.23. The zero-order chi connectivity index (χ0) is 20.4. The number of unbranched alkanes of at least 4 members (excludes halogenated alkanes) is 3. The molecule has 0 amide bonds. The predicted molar refractivity (Wildman–Crippen MR) is 81.9 cm³/mol. The van der Waals surface area contributed by atoms with Crippen molar-refractivity contribution in [2.75, 3.05) is 19.8 Å². The zero-order valence-electron chi connectivity index (χ0n) is 14.6. The van der Waals surface area contributed by atoms with E-state index < -0.39 is 66.4 Å². The van der Waals surface area contributed by atoms with Gasteiger partial charge in [-0.3, -0.25) is 0 Å². The lowest BCUT2D eigenvalue weighted by molar-refractivity contribution is -0.156. The van der Waals surface area contributed by atoms with Crippen LogP contribution in [-0.2, 0) is 30.4 Å². The van der Waals surface area contributed by atoms with Gasteiger partial charge in [0.25, 0.3) is 0 Å². The highest BCUT2D eigenvalue weighted by Gasteiger charge is 2.26. The van der Waals surface area contributed by atoms with E-state index >= 15 is 0 Å². The number of halogens is 5. The number of hydrogen-bond acceptors (Lipinski definition) is 5. The van der Waals surface area contributed by atoms with E-state index in [-0.39, 0.29) is 6.61 Å². The first-order valence-electron chi connectivity index (χ1n) is 8.18. The van der Waals surface area contributed by atoms with E-state index in [4.69, 9.17) is 9.47 Å². The molecule has 0 aliphatic rings. The molecule has 10 heteroatoms. The van der Waals surface area contributed by atoms with Crippen LogP contribution >= 0.6 is 0 Å². The molecule has 152 valence electrons. The lowest BCUT2D eigenvalue weighted by Crippen LogP contribution is -2.19. The molecule has 0 saturated carbocycles. The van der Waals surface area contributed by atoms with Gasteiger partial charge in [0.1, 0.15) is 19.8 Å². The van der Waals surface area contributed by atoms with Gasteiger partial charge in [-0.15, -0.1) is 0 Å². The second-order valence-electron chi connectivity index (χ2n) is 5.48. The van der Waals surface area contributed by atoms with Crippen molar-refractivity contribution in [3.05, 3.63) is 34.6 Å². The molecule has 1 rings (SSSR count). The maximum Gasteiger partial charge on any atom is 0.332 e. The summed E-state index contributed by atoms with van der Waals surface area (Å²) in [6.45, 7) is -0.251. The first-order chi connectivity index (χ1) is 12.8. The molecule has 0 atom stereocenters. The van der Waals surface area contributed by atoms with Gasteiger partial charge < -0.3 is 14.2 Å². The first kappa shape index (κ1) is 22.8. The molecule has 27 heavy (non-hydrogen) atoms. The van der Waals surface area contributed by atoms with Gasteiger partial charge in [0.2, 0.25) is 5.82 Å². The summed E-state index contributed by atoms with van der Waals surface area (Å²) in [4.78, 5) is 22.7. The Morgan fingerprint density at radius 1 is 0.741 bits per heavy atom. The maximum atomic E-state index is 13.4. The second-order valence-corrected chi connectivity index (χ2v) is 5.48. The molecule has 0 saturated heterocycles. The van der Waals surface area contributed by atoms with Crippen molar-refractivity contribution in [1.29, 1.82) is 0 Å². The number of rotatable bonds is 11. The van der Waals surface area contributed by atoms with E-state index in [1.54, 1.807) is 0 Å². The molecule has 1 aromatic rings. The third kappa shape index (κ3) is 7.12. The van der Waals surface area contributed by atoms with Crippen molar-refractivity contribution in [1.82, 2.24) is 0 Å². The van der Waals surface area contributed by atoms with Gasteiger partial charge in [0, 0.05) is 0 Å². The highest BCUT2D eigenvalue weighted by molar-refractivity contribution is 5.73. The average molecular weight is 398 g/mol. The van der Waals surface area contributed by atoms with Crippen molar-refractivity contribution in [2.45, 2.75) is 39.2 Å². The predicted octanol–water partition coefficient (Wildman–Crippen LogP) is 3.57. The smallest absolute Gasteiger partial charge is 0.332 e. The number of hydrogen-bond donors (Lipinski definition) is 0. The molecule has 5 nitrogen and oxygen atoms in total. The normalized spacial score (nSPS) is 10.7. The van der Waals surface area contributed by atoms with Crippen molar-refractivity contribution >= 4 is 11.9 Å². The largest absolute Gasteiger partial charge is 0.464 e. The number of carbonyl (C=O) groups excluding carboxylic acids is 2. The minimum Gasteiger partial charge on any atom is -0.464 e. The Balaban J connectivity index is 2.35. The van der Waals surface area contributed by atoms with Crippen LogP contribution in [0.5, 0.6) is 0 Å². The van der Waals surface area contributed by atoms with Gasteiger partial charge in [-0.25, -0.2) is 31.5 Å². The van der Waals surface area contributed by atoms with E-state index in [1.165, 1.54) is 0 Å². The number of benzene rings is 1. The molecule has 0 heterocycles. The van der Waals surface area contributed by atoms with Crippen molar-refractivity contribution in [2.24, 2.45) is 0 Å². The van der Waals surface area contributed by atoms with E-state index in [1.807, 2.05) is 6.92 Å². The van der Waals surface area contributed by atoms with Crippen LogP contribution in [0.2, 0.25) is 0 Å². The SMILES string of the molecule is CCCCCCOC(=O)COCC(=O)OCc1c(F)c(F)c(F)c(F)c1F. The summed E-state index contributed by atoms with van der Waals surface area (Å²) in [5, 5.41) is 0. The maximum absolute atomic E-state index is 13.4. The molecule has 0 unspecified atom stereocenters. The van der Waals surface area contributed by atoms with Gasteiger partial charge in [-0.1, -0.05) is 26.2 Å². The lowest BCUT2D eigenvalue weighted by Gasteiger charge is -2.09. The van der Waals surface area contributed by atoms with E-state index in [0.717, 1.165) is 19.3 Å². The summed E-state index contributed by atoms with van der Waals surface area (Å²) in [6, 6.07) is 0. The summed E-state index contributed by atoms with van der Waals surface area (Å²) in [7, 11) is 0. The molecule has 0 aromatic heterocycles. The average Bonchev–Trinajstić information content (AvgIpc) is 2.64.